The molecular formula is C17H15N5O2S2. The summed E-state index contributed by atoms with van der Waals surface area (Å²) in [4.78, 5) is 20.7. The number of aryl methyl sites for hydroxylation is 1. The van der Waals surface area contributed by atoms with Gasteiger partial charge in [0.15, 0.2) is 11.8 Å². The second-order valence-electron chi connectivity index (χ2n) is 6.13. The highest BCUT2D eigenvalue weighted by molar-refractivity contribution is 7.99. The molecule has 2 N–H and O–H groups in total. The maximum atomic E-state index is 11.7. The van der Waals surface area contributed by atoms with Crippen molar-refractivity contribution in [2.75, 3.05) is 17.3 Å². The third kappa shape index (κ3) is 2.55. The van der Waals surface area contributed by atoms with Crippen LogP contribution in [0.1, 0.15) is 27.6 Å². The van der Waals surface area contributed by atoms with Crippen LogP contribution in [0.25, 0.3) is 0 Å². The number of nitrogens with one attached hydrogen (secondary N) is 2. The minimum atomic E-state index is -0.133. The van der Waals surface area contributed by atoms with E-state index in [0.29, 0.717) is 11.4 Å². The predicted octanol–water partition coefficient (Wildman–Crippen LogP) is 3.11. The van der Waals surface area contributed by atoms with Gasteiger partial charge in [-0.15, -0.1) is 11.3 Å². The fourth-order valence-corrected chi connectivity index (χ4v) is 5.21. The van der Waals surface area contributed by atoms with Crippen LogP contribution in [0.15, 0.2) is 41.1 Å². The van der Waals surface area contributed by atoms with Gasteiger partial charge in [-0.3, -0.25) is 4.79 Å². The SMILES string of the molecule is Cc1cnc2n1NC(c1nccs1)C(c1ccc3c(c1)NC(=O)CO3)S2. The second-order valence-corrected chi connectivity index (χ2v) is 8.16. The molecule has 5 rings (SSSR count). The molecule has 0 saturated carbocycles. The van der Waals surface area contributed by atoms with Crippen LogP contribution in [-0.4, -0.2) is 27.2 Å². The highest BCUT2D eigenvalue weighted by Gasteiger charge is 2.35. The van der Waals surface area contributed by atoms with Crippen LogP contribution in [0.2, 0.25) is 0 Å². The molecule has 0 radical (unpaired) electrons. The van der Waals surface area contributed by atoms with E-state index in [2.05, 4.69) is 20.7 Å². The molecule has 7 nitrogen and oxygen atoms in total. The number of carbonyl (C=O) groups excluding carboxylic acids is 1. The predicted molar refractivity (Wildman–Crippen MR) is 100 cm³/mol. The van der Waals surface area contributed by atoms with E-state index >= 15 is 0 Å². The second kappa shape index (κ2) is 6.03. The summed E-state index contributed by atoms with van der Waals surface area (Å²) in [6.07, 6.45) is 3.68. The van der Waals surface area contributed by atoms with Gasteiger partial charge in [0.05, 0.1) is 22.8 Å². The van der Waals surface area contributed by atoms with Crippen molar-refractivity contribution in [3.8, 4) is 5.75 Å². The van der Waals surface area contributed by atoms with E-state index in [-0.39, 0.29) is 23.8 Å². The lowest BCUT2D eigenvalue weighted by Gasteiger charge is -2.33. The summed E-state index contributed by atoms with van der Waals surface area (Å²) in [5.41, 5.74) is 6.40. The Morgan fingerprint density at radius 1 is 1.35 bits per heavy atom. The summed E-state index contributed by atoms with van der Waals surface area (Å²) in [6, 6.07) is 5.94. The van der Waals surface area contributed by atoms with Crippen LogP contribution in [0.5, 0.6) is 5.75 Å². The Labute approximate surface area is 157 Å². The van der Waals surface area contributed by atoms with Gasteiger partial charge < -0.3 is 15.5 Å². The number of nitrogens with zero attached hydrogens (tertiary/aromatic N) is 3. The molecule has 1 aromatic carbocycles. The number of fused-ring (bicyclic) bond motifs is 2. The van der Waals surface area contributed by atoms with Gasteiger partial charge >= 0.3 is 0 Å². The van der Waals surface area contributed by atoms with Crippen LogP contribution < -0.4 is 15.5 Å². The Morgan fingerprint density at radius 2 is 2.27 bits per heavy atom. The number of imidazole rings is 1. The Kier molecular flexibility index (Phi) is 3.64. The topological polar surface area (TPSA) is 81.1 Å². The number of hydrogen-bond acceptors (Lipinski definition) is 7. The van der Waals surface area contributed by atoms with E-state index in [4.69, 9.17) is 4.74 Å². The lowest BCUT2D eigenvalue weighted by atomic mass is 10.0. The number of benzene rings is 1. The van der Waals surface area contributed by atoms with Gasteiger partial charge in [0, 0.05) is 11.6 Å². The minimum absolute atomic E-state index is 0.00124. The summed E-state index contributed by atoms with van der Waals surface area (Å²) in [6.45, 7) is 2.08. The van der Waals surface area contributed by atoms with Gasteiger partial charge in [0.2, 0.25) is 0 Å². The molecule has 2 aliphatic rings. The molecule has 4 heterocycles. The third-order valence-electron chi connectivity index (χ3n) is 4.39. The summed E-state index contributed by atoms with van der Waals surface area (Å²) in [7, 11) is 0. The van der Waals surface area contributed by atoms with Crippen molar-refractivity contribution in [2.24, 2.45) is 0 Å². The number of rotatable bonds is 2. The molecule has 2 aromatic heterocycles. The number of aromatic nitrogens is 3. The fraction of sp³-hybridized carbons (Fsp3) is 0.235. The summed E-state index contributed by atoms with van der Waals surface area (Å²) < 4.78 is 7.49. The first-order chi connectivity index (χ1) is 12.7. The van der Waals surface area contributed by atoms with E-state index in [1.807, 2.05) is 47.6 Å². The monoisotopic (exact) mass is 385 g/mol. The molecule has 0 saturated heterocycles. The molecule has 0 spiro atoms. The van der Waals surface area contributed by atoms with Crippen molar-refractivity contribution in [2.45, 2.75) is 23.4 Å². The van der Waals surface area contributed by atoms with E-state index in [0.717, 1.165) is 21.4 Å². The zero-order chi connectivity index (χ0) is 17.7. The van der Waals surface area contributed by atoms with Crippen molar-refractivity contribution < 1.29 is 9.53 Å². The smallest absolute Gasteiger partial charge is 0.262 e. The van der Waals surface area contributed by atoms with Crippen LogP contribution in [0, 0.1) is 6.92 Å². The maximum absolute atomic E-state index is 11.7. The number of thiazole rings is 1. The highest BCUT2D eigenvalue weighted by atomic mass is 32.2. The zero-order valence-electron chi connectivity index (χ0n) is 13.8. The molecule has 0 bridgehead atoms. The number of anilines is 1. The first-order valence-corrected chi connectivity index (χ1v) is 9.88. The number of hydrogen-bond donors (Lipinski definition) is 2. The molecule has 9 heteroatoms. The molecule has 2 unspecified atom stereocenters. The largest absolute Gasteiger partial charge is 0.482 e. The van der Waals surface area contributed by atoms with Crippen LogP contribution in [0.3, 0.4) is 0 Å². The van der Waals surface area contributed by atoms with E-state index in [1.54, 1.807) is 23.1 Å². The molecule has 2 aliphatic heterocycles. The first kappa shape index (κ1) is 15.7. The fourth-order valence-electron chi connectivity index (χ4n) is 3.15. The van der Waals surface area contributed by atoms with Crippen LogP contribution >= 0.6 is 23.1 Å². The molecular weight excluding hydrogens is 370 g/mol. The Balaban J connectivity index is 1.57. The van der Waals surface area contributed by atoms with Gasteiger partial charge in [0.25, 0.3) is 5.91 Å². The Hall–Kier alpha value is -2.52. The molecule has 26 heavy (non-hydrogen) atoms. The van der Waals surface area contributed by atoms with Gasteiger partial charge in [-0.25, -0.2) is 14.6 Å². The molecule has 0 fully saturated rings. The summed E-state index contributed by atoms with van der Waals surface area (Å²) >= 11 is 3.32. The average Bonchev–Trinajstić information content (AvgIpc) is 3.30. The Morgan fingerprint density at radius 3 is 3.12 bits per heavy atom. The van der Waals surface area contributed by atoms with Crippen molar-refractivity contribution in [3.63, 3.8) is 0 Å². The Bertz CT molecular complexity index is 985. The average molecular weight is 385 g/mol. The number of carbonyl (C=O) groups is 1. The van der Waals surface area contributed by atoms with Crippen molar-refractivity contribution in [1.82, 2.24) is 14.6 Å². The van der Waals surface area contributed by atoms with Gasteiger partial charge in [-0.1, -0.05) is 17.8 Å². The third-order valence-corrected chi connectivity index (χ3v) is 6.55. The van der Waals surface area contributed by atoms with Gasteiger partial charge in [-0.05, 0) is 24.6 Å². The van der Waals surface area contributed by atoms with Crippen LogP contribution in [-0.2, 0) is 4.79 Å². The normalized spacial score (nSPS) is 21.2. The maximum Gasteiger partial charge on any atom is 0.262 e. The summed E-state index contributed by atoms with van der Waals surface area (Å²) in [5, 5.41) is 6.86. The lowest BCUT2D eigenvalue weighted by Crippen LogP contribution is -2.31. The standard InChI is InChI=1S/C17H15N5O2S2/c1-9-7-19-17-22(9)21-14(16-18-4-5-25-16)15(26-17)10-2-3-12-11(6-10)20-13(23)8-24-12/h2-7,14-15,21H,8H2,1H3,(H,20,23). The van der Waals surface area contributed by atoms with Crippen molar-refractivity contribution >= 4 is 34.7 Å². The summed E-state index contributed by atoms with van der Waals surface area (Å²) in [5.74, 6) is 0.567. The molecule has 2 atom stereocenters. The zero-order valence-corrected chi connectivity index (χ0v) is 15.4. The number of thioether (sulfide) groups is 1. The molecule has 1 amide bonds. The lowest BCUT2D eigenvalue weighted by molar-refractivity contribution is -0.118. The van der Waals surface area contributed by atoms with Crippen molar-refractivity contribution in [1.29, 1.82) is 0 Å². The first-order valence-electron chi connectivity index (χ1n) is 8.12. The minimum Gasteiger partial charge on any atom is -0.482 e. The van der Waals surface area contributed by atoms with Gasteiger partial charge in [0.1, 0.15) is 16.8 Å². The van der Waals surface area contributed by atoms with Crippen LogP contribution in [0.4, 0.5) is 5.69 Å². The van der Waals surface area contributed by atoms with E-state index in [9.17, 15) is 4.79 Å². The molecule has 3 aromatic rings. The molecule has 132 valence electrons. The van der Waals surface area contributed by atoms with Crippen molar-refractivity contribution in [3.05, 3.63) is 52.2 Å². The quantitative estimate of drug-likeness (QED) is 0.706. The van der Waals surface area contributed by atoms with Gasteiger partial charge in [-0.2, -0.15) is 0 Å². The highest BCUT2D eigenvalue weighted by Crippen LogP contribution is 2.49. The molecule has 0 aliphatic carbocycles. The van der Waals surface area contributed by atoms with E-state index < -0.39 is 0 Å². The number of amides is 1. The number of ether oxygens (including phenoxy) is 1. The van der Waals surface area contributed by atoms with E-state index in [1.165, 1.54) is 0 Å².